The number of aliphatic hydroxyl groups is 1. The van der Waals surface area contributed by atoms with Gasteiger partial charge >= 0.3 is 6.09 Å². The van der Waals surface area contributed by atoms with Crippen molar-refractivity contribution in [2.24, 2.45) is 0 Å². The van der Waals surface area contributed by atoms with Crippen LogP contribution < -0.4 is 15.5 Å². The summed E-state index contributed by atoms with van der Waals surface area (Å²) in [6.07, 6.45) is 1.60. The summed E-state index contributed by atoms with van der Waals surface area (Å²) in [4.78, 5) is 27.7. The fraction of sp³-hybridized carbons (Fsp3) is 0.636. The molecule has 2 atom stereocenters. The van der Waals surface area contributed by atoms with Crippen LogP contribution in [0.2, 0.25) is 0 Å². The van der Waals surface area contributed by atoms with Gasteiger partial charge in [-0.25, -0.2) is 4.79 Å². The van der Waals surface area contributed by atoms with Gasteiger partial charge < -0.3 is 30.3 Å². The third-order valence-corrected chi connectivity index (χ3v) is 5.63. The number of anilines is 2. The molecule has 0 radical (unpaired) electrons. The van der Waals surface area contributed by atoms with Gasteiger partial charge in [-0.2, -0.15) is 0 Å². The van der Waals surface area contributed by atoms with E-state index in [0.717, 1.165) is 37.3 Å². The van der Waals surface area contributed by atoms with Gasteiger partial charge in [0.2, 0.25) is 5.91 Å². The molecule has 0 saturated carbocycles. The number of nitrogens with zero attached hydrogens (tertiary/aromatic N) is 2. The summed E-state index contributed by atoms with van der Waals surface area (Å²) in [5.74, 6) is -0.117. The fourth-order valence-corrected chi connectivity index (χ4v) is 3.93. The normalized spacial score (nSPS) is 23.0. The number of carbonyl (C=O) groups is 2. The standard InChI is InChI=1S/C22H34N4O4/c1-22(2,3)30-21(29)25(4)16-10-12-26(13-11-16)17-7-5-6-15(14-17)23-18-8-9-19(27)24-20(18)28/h5-7,14,16,18,20,23,28H,8-13H2,1-4H3,(H,24,27). The number of ether oxygens (including phenoxy) is 1. The summed E-state index contributed by atoms with van der Waals surface area (Å²) < 4.78 is 5.49. The van der Waals surface area contributed by atoms with Gasteiger partial charge in [-0.05, 0) is 58.2 Å². The predicted molar refractivity (Wildman–Crippen MR) is 116 cm³/mol. The van der Waals surface area contributed by atoms with Crippen molar-refractivity contribution in [3.63, 3.8) is 0 Å². The Balaban J connectivity index is 1.55. The van der Waals surface area contributed by atoms with E-state index < -0.39 is 11.8 Å². The van der Waals surface area contributed by atoms with Gasteiger partial charge in [-0.15, -0.1) is 0 Å². The maximum Gasteiger partial charge on any atom is 0.410 e. The monoisotopic (exact) mass is 418 g/mol. The maximum atomic E-state index is 12.3. The first kappa shape index (κ1) is 22.2. The van der Waals surface area contributed by atoms with Gasteiger partial charge in [0.15, 0.2) is 0 Å². The zero-order valence-corrected chi connectivity index (χ0v) is 18.4. The third kappa shape index (κ3) is 5.78. The Labute approximate surface area is 178 Å². The number of nitrogens with one attached hydrogen (secondary N) is 2. The van der Waals surface area contributed by atoms with Crippen molar-refractivity contribution in [3.8, 4) is 0 Å². The Bertz CT molecular complexity index is 756. The van der Waals surface area contributed by atoms with Crippen LogP contribution >= 0.6 is 0 Å². The number of hydrogen-bond donors (Lipinski definition) is 3. The molecule has 3 N–H and O–H groups in total. The molecule has 0 aliphatic carbocycles. The highest BCUT2D eigenvalue weighted by Crippen LogP contribution is 2.26. The van der Waals surface area contributed by atoms with Crippen molar-refractivity contribution in [1.82, 2.24) is 10.2 Å². The highest BCUT2D eigenvalue weighted by molar-refractivity contribution is 5.77. The van der Waals surface area contributed by atoms with E-state index in [0.29, 0.717) is 12.8 Å². The molecule has 0 spiro atoms. The summed E-state index contributed by atoms with van der Waals surface area (Å²) in [5.41, 5.74) is 1.53. The first-order valence-corrected chi connectivity index (χ1v) is 10.7. The third-order valence-electron chi connectivity index (χ3n) is 5.63. The molecule has 1 aromatic carbocycles. The first-order chi connectivity index (χ1) is 14.1. The topological polar surface area (TPSA) is 94.1 Å². The number of rotatable bonds is 4. The van der Waals surface area contributed by atoms with E-state index in [4.69, 9.17) is 4.74 Å². The lowest BCUT2D eigenvalue weighted by atomic mass is 10.0. The van der Waals surface area contributed by atoms with Gasteiger partial charge in [-0.1, -0.05) is 6.07 Å². The molecule has 2 heterocycles. The van der Waals surface area contributed by atoms with Gasteiger partial charge in [0, 0.05) is 44.0 Å². The zero-order chi connectivity index (χ0) is 21.9. The van der Waals surface area contributed by atoms with Crippen LogP contribution in [0.1, 0.15) is 46.5 Å². The molecule has 166 valence electrons. The summed E-state index contributed by atoms with van der Waals surface area (Å²) in [7, 11) is 1.81. The van der Waals surface area contributed by atoms with Crippen molar-refractivity contribution in [1.29, 1.82) is 0 Å². The number of amides is 2. The van der Waals surface area contributed by atoms with E-state index in [-0.39, 0.29) is 24.1 Å². The van der Waals surface area contributed by atoms with Crippen molar-refractivity contribution < 1.29 is 19.4 Å². The minimum Gasteiger partial charge on any atom is -0.444 e. The zero-order valence-electron chi connectivity index (χ0n) is 18.4. The Hall–Kier alpha value is -2.48. The minimum absolute atomic E-state index is 0.117. The molecule has 2 unspecified atom stereocenters. The molecular formula is C22H34N4O4. The second kappa shape index (κ2) is 9.12. The van der Waals surface area contributed by atoms with Gasteiger partial charge in [0.25, 0.3) is 0 Å². The summed E-state index contributed by atoms with van der Waals surface area (Å²) in [5, 5.41) is 16.0. The molecule has 2 saturated heterocycles. The number of benzene rings is 1. The lowest BCUT2D eigenvalue weighted by molar-refractivity contribution is -0.126. The van der Waals surface area contributed by atoms with Crippen LogP contribution in [0.3, 0.4) is 0 Å². The fourth-order valence-electron chi connectivity index (χ4n) is 3.93. The van der Waals surface area contributed by atoms with Crippen LogP contribution in [0.25, 0.3) is 0 Å². The maximum absolute atomic E-state index is 12.3. The molecule has 2 aliphatic heterocycles. The van der Waals surface area contributed by atoms with E-state index in [1.165, 1.54) is 0 Å². The summed E-state index contributed by atoms with van der Waals surface area (Å²) in [6, 6.07) is 8.06. The number of hydrogen-bond acceptors (Lipinski definition) is 6. The molecular weight excluding hydrogens is 384 g/mol. The molecule has 2 aliphatic rings. The smallest absolute Gasteiger partial charge is 0.410 e. The largest absolute Gasteiger partial charge is 0.444 e. The van der Waals surface area contributed by atoms with Crippen LogP contribution in [0, 0.1) is 0 Å². The van der Waals surface area contributed by atoms with Crippen LogP contribution in [-0.2, 0) is 9.53 Å². The highest BCUT2D eigenvalue weighted by Gasteiger charge is 2.29. The van der Waals surface area contributed by atoms with Gasteiger partial charge in [0.1, 0.15) is 11.8 Å². The Kier molecular flexibility index (Phi) is 6.75. The van der Waals surface area contributed by atoms with Gasteiger partial charge in [-0.3, -0.25) is 4.79 Å². The van der Waals surface area contributed by atoms with E-state index in [1.807, 2.05) is 40.0 Å². The second-order valence-electron chi connectivity index (χ2n) is 9.16. The molecule has 0 bridgehead atoms. The van der Waals surface area contributed by atoms with Crippen LogP contribution in [0.5, 0.6) is 0 Å². The summed E-state index contributed by atoms with van der Waals surface area (Å²) in [6.45, 7) is 7.33. The van der Waals surface area contributed by atoms with E-state index >= 15 is 0 Å². The molecule has 8 nitrogen and oxygen atoms in total. The quantitative estimate of drug-likeness (QED) is 0.696. The lowest BCUT2D eigenvalue weighted by Crippen LogP contribution is -2.51. The predicted octanol–water partition coefficient (Wildman–Crippen LogP) is 2.53. The first-order valence-electron chi connectivity index (χ1n) is 10.7. The van der Waals surface area contributed by atoms with E-state index in [9.17, 15) is 14.7 Å². The SMILES string of the molecule is CN(C(=O)OC(C)(C)C)C1CCN(c2cccc(NC3CCC(=O)NC3O)c2)CC1. The van der Waals surface area contributed by atoms with E-state index in [2.05, 4.69) is 27.7 Å². The molecule has 8 heteroatoms. The van der Waals surface area contributed by atoms with Crippen molar-refractivity contribution in [2.45, 2.75) is 70.4 Å². The number of piperidine rings is 2. The van der Waals surface area contributed by atoms with E-state index in [1.54, 1.807) is 4.90 Å². The van der Waals surface area contributed by atoms with Crippen LogP contribution in [0.15, 0.2) is 24.3 Å². The molecule has 0 aromatic heterocycles. The van der Waals surface area contributed by atoms with Crippen LogP contribution in [-0.4, -0.2) is 66.1 Å². The Morgan fingerprint density at radius 1 is 1.27 bits per heavy atom. The number of carbonyl (C=O) groups excluding carboxylic acids is 2. The Morgan fingerprint density at radius 2 is 1.97 bits per heavy atom. The molecule has 2 fully saturated rings. The summed E-state index contributed by atoms with van der Waals surface area (Å²) >= 11 is 0. The van der Waals surface area contributed by atoms with Crippen LogP contribution in [0.4, 0.5) is 16.2 Å². The van der Waals surface area contributed by atoms with Gasteiger partial charge in [0.05, 0.1) is 6.04 Å². The average molecular weight is 419 g/mol. The minimum atomic E-state index is -0.881. The average Bonchev–Trinajstić information content (AvgIpc) is 2.69. The number of aliphatic hydroxyl groups excluding tert-OH is 1. The van der Waals surface area contributed by atoms with Crippen molar-refractivity contribution in [3.05, 3.63) is 24.3 Å². The Morgan fingerprint density at radius 3 is 2.60 bits per heavy atom. The van der Waals surface area contributed by atoms with Crippen molar-refractivity contribution >= 4 is 23.4 Å². The second-order valence-corrected chi connectivity index (χ2v) is 9.16. The molecule has 2 amide bonds. The lowest BCUT2D eigenvalue weighted by Gasteiger charge is -2.38. The highest BCUT2D eigenvalue weighted by atomic mass is 16.6. The molecule has 1 aromatic rings. The molecule has 3 rings (SSSR count). The molecule has 30 heavy (non-hydrogen) atoms. The van der Waals surface area contributed by atoms with Crippen molar-refractivity contribution in [2.75, 3.05) is 30.4 Å².